The van der Waals surface area contributed by atoms with Crippen molar-refractivity contribution < 1.29 is 15.3 Å². The Kier molecular flexibility index (Phi) is 5.46. The van der Waals surface area contributed by atoms with E-state index in [1.807, 2.05) is 6.07 Å². The van der Waals surface area contributed by atoms with Gasteiger partial charge in [-0.15, -0.1) is 0 Å². The molecule has 0 bridgehead atoms. The number of benzene rings is 2. The van der Waals surface area contributed by atoms with Gasteiger partial charge in [-0.1, -0.05) is 35.9 Å². The van der Waals surface area contributed by atoms with Crippen molar-refractivity contribution >= 4 is 0 Å². The maximum atomic E-state index is 11.0. The molecule has 2 unspecified atom stereocenters. The SMILES string of the molecule is Cc1ccc(CC2(O)CCN(CC3CCc4cc(O)ccc4C3O)CC2)cc1. The number of aliphatic hydroxyl groups excluding tert-OH is 1. The number of phenolic OH excluding ortho intramolecular Hbond substituents is 1. The van der Waals surface area contributed by atoms with Crippen LogP contribution < -0.4 is 0 Å². The zero-order chi connectivity index (χ0) is 19.7. The van der Waals surface area contributed by atoms with E-state index in [1.165, 1.54) is 11.1 Å². The van der Waals surface area contributed by atoms with Crippen molar-refractivity contribution in [1.82, 2.24) is 4.90 Å². The highest BCUT2D eigenvalue weighted by atomic mass is 16.3. The fourth-order valence-electron chi connectivity index (χ4n) is 4.79. The van der Waals surface area contributed by atoms with Crippen LogP contribution in [0.15, 0.2) is 42.5 Å². The first-order chi connectivity index (χ1) is 13.4. The highest BCUT2D eigenvalue weighted by Gasteiger charge is 2.35. The first-order valence-corrected chi connectivity index (χ1v) is 10.4. The van der Waals surface area contributed by atoms with Crippen LogP contribution in [-0.4, -0.2) is 45.5 Å². The lowest BCUT2D eigenvalue weighted by molar-refractivity contribution is -0.0307. The van der Waals surface area contributed by atoms with Gasteiger partial charge in [0, 0.05) is 32.0 Å². The molecule has 0 aromatic heterocycles. The number of rotatable bonds is 4. The summed E-state index contributed by atoms with van der Waals surface area (Å²) in [5.74, 6) is 0.480. The third kappa shape index (κ3) is 4.24. The van der Waals surface area contributed by atoms with Crippen LogP contribution in [-0.2, 0) is 12.8 Å². The van der Waals surface area contributed by atoms with Crippen LogP contribution in [0.5, 0.6) is 5.75 Å². The number of aryl methyl sites for hydroxylation is 2. The van der Waals surface area contributed by atoms with Gasteiger partial charge in [-0.3, -0.25) is 0 Å². The molecule has 2 atom stereocenters. The lowest BCUT2D eigenvalue weighted by atomic mass is 9.80. The van der Waals surface area contributed by atoms with Gasteiger partial charge in [0.25, 0.3) is 0 Å². The zero-order valence-corrected chi connectivity index (χ0v) is 16.6. The second kappa shape index (κ2) is 7.86. The third-order valence-electron chi connectivity index (χ3n) is 6.61. The summed E-state index contributed by atoms with van der Waals surface area (Å²) in [5.41, 5.74) is 3.84. The quantitative estimate of drug-likeness (QED) is 0.760. The maximum Gasteiger partial charge on any atom is 0.115 e. The Bertz CT molecular complexity index is 809. The van der Waals surface area contributed by atoms with Gasteiger partial charge >= 0.3 is 0 Å². The highest BCUT2D eigenvalue weighted by molar-refractivity contribution is 5.38. The number of aromatic hydroxyl groups is 1. The molecule has 1 fully saturated rings. The van der Waals surface area contributed by atoms with Gasteiger partial charge in [0.1, 0.15) is 5.75 Å². The van der Waals surface area contributed by atoms with Gasteiger partial charge in [-0.2, -0.15) is 0 Å². The molecule has 2 aliphatic rings. The van der Waals surface area contributed by atoms with Gasteiger partial charge in [0.2, 0.25) is 0 Å². The highest BCUT2D eigenvalue weighted by Crippen LogP contribution is 2.37. The second-order valence-corrected chi connectivity index (χ2v) is 8.81. The van der Waals surface area contributed by atoms with Gasteiger partial charge in [0.05, 0.1) is 11.7 Å². The summed E-state index contributed by atoms with van der Waals surface area (Å²) < 4.78 is 0. The van der Waals surface area contributed by atoms with Crippen molar-refractivity contribution in [3.05, 3.63) is 64.7 Å². The van der Waals surface area contributed by atoms with Crippen molar-refractivity contribution in [3.8, 4) is 5.75 Å². The Labute approximate surface area is 167 Å². The molecule has 0 radical (unpaired) electrons. The lowest BCUT2D eigenvalue weighted by Gasteiger charge is -2.41. The Balaban J connectivity index is 1.33. The van der Waals surface area contributed by atoms with E-state index in [0.717, 1.165) is 56.4 Å². The topological polar surface area (TPSA) is 63.9 Å². The number of aliphatic hydroxyl groups is 2. The molecule has 3 N–H and O–H groups in total. The summed E-state index contributed by atoms with van der Waals surface area (Å²) in [7, 11) is 0. The van der Waals surface area contributed by atoms with E-state index in [0.29, 0.717) is 6.42 Å². The summed E-state index contributed by atoms with van der Waals surface area (Å²) in [6, 6.07) is 13.8. The summed E-state index contributed by atoms with van der Waals surface area (Å²) >= 11 is 0. The van der Waals surface area contributed by atoms with E-state index in [1.54, 1.807) is 12.1 Å². The molecule has 1 saturated heterocycles. The molecule has 1 aliphatic heterocycles. The van der Waals surface area contributed by atoms with Crippen LogP contribution in [0.2, 0.25) is 0 Å². The summed E-state index contributed by atoms with van der Waals surface area (Å²) in [6.45, 7) is 4.68. The number of hydrogen-bond donors (Lipinski definition) is 3. The van der Waals surface area contributed by atoms with Crippen molar-refractivity contribution in [2.45, 2.75) is 50.7 Å². The molecule has 4 nitrogen and oxygen atoms in total. The third-order valence-corrected chi connectivity index (χ3v) is 6.61. The summed E-state index contributed by atoms with van der Waals surface area (Å²) in [4.78, 5) is 2.39. The number of piperidine rings is 1. The normalized spacial score (nSPS) is 24.7. The van der Waals surface area contributed by atoms with Crippen molar-refractivity contribution in [2.24, 2.45) is 5.92 Å². The van der Waals surface area contributed by atoms with Crippen LogP contribution in [0.4, 0.5) is 0 Å². The molecule has 2 aromatic rings. The monoisotopic (exact) mass is 381 g/mol. The predicted molar refractivity (Wildman–Crippen MR) is 110 cm³/mol. The lowest BCUT2D eigenvalue weighted by Crippen LogP contribution is -2.47. The summed E-state index contributed by atoms with van der Waals surface area (Å²) in [6.07, 6.45) is 3.61. The van der Waals surface area contributed by atoms with Crippen LogP contribution in [0, 0.1) is 12.8 Å². The van der Waals surface area contributed by atoms with Crippen molar-refractivity contribution in [2.75, 3.05) is 19.6 Å². The van der Waals surface area contributed by atoms with Crippen LogP contribution in [0.1, 0.15) is 47.6 Å². The Hall–Kier alpha value is -1.88. The van der Waals surface area contributed by atoms with E-state index in [-0.39, 0.29) is 11.7 Å². The minimum atomic E-state index is -0.624. The van der Waals surface area contributed by atoms with E-state index >= 15 is 0 Å². The number of nitrogens with zero attached hydrogens (tertiary/aromatic N) is 1. The molecule has 4 heteroatoms. The smallest absolute Gasteiger partial charge is 0.115 e. The molecule has 0 saturated carbocycles. The van der Waals surface area contributed by atoms with Gasteiger partial charge in [-0.25, -0.2) is 0 Å². The minimum Gasteiger partial charge on any atom is -0.508 e. The average Bonchev–Trinajstić information content (AvgIpc) is 2.68. The molecule has 28 heavy (non-hydrogen) atoms. The molecular weight excluding hydrogens is 350 g/mol. The molecule has 1 aliphatic carbocycles. The number of phenols is 1. The fraction of sp³-hybridized carbons (Fsp3) is 0.500. The second-order valence-electron chi connectivity index (χ2n) is 8.81. The van der Waals surface area contributed by atoms with Crippen molar-refractivity contribution in [3.63, 3.8) is 0 Å². The van der Waals surface area contributed by atoms with Crippen LogP contribution in [0.3, 0.4) is 0 Å². The minimum absolute atomic E-state index is 0.209. The zero-order valence-electron chi connectivity index (χ0n) is 16.6. The van der Waals surface area contributed by atoms with E-state index in [2.05, 4.69) is 36.1 Å². The Morgan fingerprint density at radius 3 is 2.50 bits per heavy atom. The molecule has 1 heterocycles. The van der Waals surface area contributed by atoms with E-state index in [4.69, 9.17) is 0 Å². The largest absolute Gasteiger partial charge is 0.508 e. The van der Waals surface area contributed by atoms with E-state index in [9.17, 15) is 15.3 Å². The maximum absolute atomic E-state index is 11.0. The average molecular weight is 382 g/mol. The van der Waals surface area contributed by atoms with Crippen molar-refractivity contribution in [1.29, 1.82) is 0 Å². The Morgan fingerprint density at radius 1 is 1.07 bits per heavy atom. The number of hydrogen-bond acceptors (Lipinski definition) is 4. The van der Waals surface area contributed by atoms with Gasteiger partial charge in [-0.05, 0) is 61.4 Å². The number of likely N-dealkylation sites (tertiary alicyclic amines) is 1. The van der Waals surface area contributed by atoms with Crippen LogP contribution in [0.25, 0.3) is 0 Å². The Morgan fingerprint density at radius 2 is 1.79 bits per heavy atom. The van der Waals surface area contributed by atoms with Gasteiger partial charge in [0.15, 0.2) is 0 Å². The van der Waals surface area contributed by atoms with E-state index < -0.39 is 11.7 Å². The standard InChI is InChI=1S/C24H31NO3/c1-17-2-4-18(5-3-17)15-24(28)10-12-25(13-11-24)16-20-7-6-19-14-21(26)8-9-22(19)23(20)27/h2-5,8-9,14,20,23,26-28H,6-7,10-13,15-16H2,1H3. The molecule has 2 aromatic carbocycles. The predicted octanol–water partition coefficient (Wildman–Crippen LogP) is 3.37. The molecule has 0 amide bonds. The number of fused-ring (bicyclic) bond motifs is 1. The molecular formula is C24H31NO3. The first-order valence-electron chi connectivity index (χ1n) is 10.4. The molecule has 4 rings (SSSR count). The molecule has 0 spiro atoms. The van der Waals surface area contributed by atoms with Gasteiger partial charge < -0.3 is 20.2 Å². The van der Waals surface area contributed by atoms with Crippen LogP contribution >= 0.6 is 0 Å². The fourth-order valence-corrected chi connectivity index (χ4v) is 4.79. The summed E-state index contributed by atoms with van der Waals surface area (Å²) in [5, 5.41) is 31.5. The molecule has 150 valence electrons. The first kappa shape index (κ1) is 19.4.